The van der Waals surface area contributed by atoms with E-state index in [2.05, 4.69) is 46.2 Å². The van der Waals surface area contributed by atoms with Gasteiger partial charge < -0.3 is 4.90 Å². The van der Waals surface area contributed by atoms with Crippen LogP contribution in [0.1, 0.15) is 27.1 Å². The van der Waals surface area contributed by atoms with Gasteiger partial charge in [0.25, 0.3) is 0 Å². The number of nitrogens with zero attached hydrogens (tertiary/aromatic N) is 3. The molecule has 1 aliphatic heterocycles. The van der Waals surface area contributed by atoms with Crippen molar-refractivity contribution in [3.8, 4) is 0 Å². The SMILES string of the molecule is O=C1C(=CC2=CC=C(N3c4ccccc4N(c4ccccc4)c4cccnc43)C2)C(=O)c2cscc21. The van der Waals surface area contributed by atoms with Crippen LogP contribution in [0, 0.1) is 0 Å². The number of anilines is 5. The highest BCUT2D eigenvalue weighted by Gasteiger charge is 2.35. The van der Waals surface area contributed by atoms with Crippen LogP contribution in [-0.2, 0) is 0 Å². The van der Waals surface area contributed by atoms with E-state index in [0.29, 0.717) is 17.5 Å². The molecule has 4 aromatic rings. The van der Waals surface area contributed by atoms with Crippen LogP contribution < -0.4 is 9.80 Å². The Morgan fingerprint density at radius 1 is 0.750 bits per heavy atom. The van der Waals surface area contributed by atoms with Crippen LogP contribution in [0.3, 0.4) is 0 Å². The van der Waals surface area contributed by atoms with E-state index in [9.17, 15) is 9.59 Å². The van der Waals surface area contributed by atoms with Crippen molar-refractivity contribution in [1.29, 1.82) is 0 Å². The summed E-state index contributed by atoms with van der Waals surface area (Å²) in [5.41, 5.74) is 7.39. The molecule has 2 aromatic carbocycles. The topological polar surface area (TPSA) is 53.5 Å². The molecule has 172 valence electrons. The molecule has 0 saturated heterocycles. The summed E-state index contributed by atoms with van der Waals surface area (Å²) in [6.45, 7) is 0. The van der Waals surface area contributed by atoms with Crippen LogP contribution in [-0.4, -0.2) is 16.6 Å². The second-order valence-corrected chi connectivity index (χ2v) is 9.58. The molecule has 0 radical (unpaired) electrons. The minimum absolute atomic E-state index is 0.181. The number of para-hydroxylation sites is 3. The molecule has 3 aliphatic rings. The first-order valence-corrected chi connectivity index (χ1v) is 12.6. The van der Waals surface area contributed by atoms with Crippen molar-refractivity contribution in [3.63, 3.8) is 0 Å². The molecule has 0 bridgehead atoms. The molecule has 6 heteroatoms. The highest BCUT2D eigenvalue weighted by molar-refractivity contribution is 7.08. The van der Waals surface area contributed by atoms with E-state index in [4.69, 9.17) is 4.98 Å². The number of rotatable bonds is 3. The van der Waals surface area contributed by atoms with Crippen LogP contribution in [0.4, 0.5) is 28.6 Å². The number of carbonyl (C=O) groups excluding carboxylic acids is 2. The smallest absolute Gasteiger partial charge is 0.198 e. The first-order valence-electron chi connectivity index (χ1n) is 11.7. The monoisotopic (exact) mass is 485 g/mol. The van der Waals surface area contributed by atoms with Crippen molar-refractivity contribution in [2.75, 3.05) is 9.80 Å². The van der Waals surface area contributed by atoms with Gasteiger partial charge >= 0.3 is 0 Å². The summed E-state index contributed by atoms with van der Waals surface area (Å²) in [5.74, 6) is 0.474. The third kappa shape index (κ3) is 3.05. The lowest BCUT2D eigenvalue weighted by Gasteiger charge is -2.39. The normalized spacial score (nSPS) is 15.9. The molecule has 36 heavy (non-hydrogen) atoms. The van der Waals surface area contributed by atoms with Crippen LogP contribution >= 0.6 is 11.3 Å². The van der Waals surface area contributed by atoms with Gasteiger partial charge in [-0.1, -0.05) is 36.4 Å². The van der Waals surface area contributed by atoms with Crippen molar-refractivity contribution in [2.45, 2.75) is 6.42 Å². The average molecular weight is 486 g/mol. The molecule has 2 aromatic heterocycles. The van der Waals surface area contributed by atoms with Crippen LogP contribution in [0.5, 0.6) is 0 Å². The first kappa shape index (κ1) is 20.8. The van der Waals surface area contributed by atoms with E-state index in [1.807, 2.05) is 48.7 Å². The second-order valence-electron chi connectivity index (χ2n) is 8.83. The molecule has 0 unspecified atom stereocenters. The molecule has 0 fully saturated rings. The number of hydrogen-bond donors (Lipinski definition) is 0. The molecule has 0 atom stereocenters. The Hall–Kier alpha value is -4.55. The van der Waals surface area contributed by atoms with E-state index in [0.717, 1.165) is 39.8 Å². The minimum Gasteiger partial charge on any atom is -0.305 e. The summed E-state index contributed by atoms with van der Waals surface area (Å²) < 4.78 is 0. The third-order valence-electron chi connectivity index (χ3n) is 6.73. The zero-order chi connectivity index (χ0) is 24.2. The predicted molar refractivity (Wildman–Crippen MR) is 143 cm³/mol. The number of carbonyl (C=O) groups is 2. The first-order chi connectivity index (χ1) is 17.7. The maximum absolute atomic E-state index is 12.8. The number of benzene rings is 2. The Balaban J connectivity index is 1.27. The van der Waals surface area contributed by atoms with Crippen molar-refractivity contribution in [3.05, 3.63) is 130 Å². The quantitative estimate of drug-likeness (QED) is 0.225. The second kappa shape index (κ2) is 8.00. The van der Waals surface area contributed by atoms with Gasteiger partial charge in [0.15, 0.2) is 17.4 Å². The summed E-state index contributed by atoms with van der Waals surface area (Å²) in [6, 6.07) is 22.6. The summed E-state index contributed by atoms with van der Waals surface area (Å²) in [4.78, 5) is 34.8. The molecular weight excluding hydrogens is 466 g/mol. The number of Topliss-reactive ketones (excluding diaryl/α,β-unsaturated/α-hetero) is 2. The summed E-state index contributed by atoms with van der Waals surface area (Å²) >= 11 is 1.39. The molecule has 2 aliphatic carbocycles. The van der Waals surface area contributed by atoms with Crippen molar-refractivity contribution in [2.24, 2.45) is 0 Å². The molecule has 0 amide bonds. The molecule has 5 nitrogen and oxygen atoms in total. The zero-order valence-electron chi connectivity index (χ0n) is 19.1. The van der Waals surface area contributed by atoms with E-state index in [-0.39, 0.29) is 17.1 Å². The number of thiophene rings is 1. The van der Waals surface area contributed by atoms with Gasteiger partial charge in [0.2, 0.25) is 0 Å². The molecule has 3 heterocycles. The Labute approximate surface area is 212 Å². The lowest BCUT2D eigenvalue weighted by atomic mass is 10.0. The Morgan fingerprint density at radius 3 is 2.17 bits per heavy atom. The van der Waals surface area contributed by atoms with E-state index in [1.165, 1.54) is 11.3 Å². The average Bonchev–Trinajstić information content (AvgIpc) is 3.64. The van der Waals surface area contributed by atoms with Crippen molar-refractivity contribution in [1.82, 2.24) is 4.98 Å². The fourth-order valence-corrected chi connectivity index (χ4v) is 5.92. The number of aromatic nitrogens is 1. The van der Waals surface area contributed by atoms with Crippen LogP contribution in [0.25, 0.3) is 0 Å². The molecule has 0 saturated carbocycles. The number of hydrogen-bond acceptors (Lipinski definition) is 6. The minimum atomic E-state index is -0.181. The number of ketones is 2. The molecule has 7 rings (SSSR count). The van der Waals surface area contributed by atoms with Gasteiger partial charge in [-0.15, -0.1) is 0 Å². The number of fused-ring (bicyclic) bond motifs is 3. The lowest BCUT2D eigenvalue weighted by molar-refractivity contribution is 0.0988. The summed E-state index contributed by atoms with van der Waals surface area (Å²) in [5, 5.41) is 3.52. The van der Waals surface area contributed by atoms with Crippen molar-refractivity contribution >= 4 is 51.5 Å². The standard InChI is InChI=1S/C30H19N3O2S/c34-28-22(29(35)24-18-36-17-23(24)28)16-19-12-13-21(15-19)33-26-10-5-4-9-25(26)32(20-7-2-1-3-8-20)27-11-6-14-31-30(27)33/h1-14,16-18H,15H2. The maximum atomic E-state index is 12.8. The van der Waals surface area contributed by atoms with E-state index < -0.39 is 0 Å². The highest BCUT2D eigenvalue weighted by Crippen LogP contribution is 2.52. The Kier molecular flexibility index (Phi) is 4.62. The Bertz CT molecular complexity index is 1580. The lowest BCUT2D eigenvalue weighted by Crippen LogP contribution is -2.27. The van der Waals surface area contributed by atoms with Crippen molar-refractivity contribution < 1.29 is 9.59 Å². The Morgan fingerprint density at radius 2 is 1.42 bits per heavy atom. The van der Waals surface area contributed by atoms with Crippen LogP contribution in [0.15, 0.2) is 119 Å². The maximum Gasteiger partial charge on any atom is 0.198 e. The predicted octanol–water partition coefficient (Wildman–Crippen LogP) is 7.28. The highest BCUT2D eigenvalue weighted by atomic mass is 32.1. The summed E-state index contributed by atoms with van der Waals surface area (Å²) in [7, 11) is 0. The van der Waals surface area contributed by atoms with E-state index >= 15 is 0 Å². The number of allylic oxidation sites excluding steroid dienone is 5. The fourth-order valence-electron chi connectivity index (χ4n) is 5.11. The molecule has 0 N–H and O–H groups in total. The molecule has 0 spiro atoms. The van der Waals surface area contributed by atoms with Gasteiger partial charge in [-0.3, -0.25) is 14.5 Å². The van der Waals surface area contributed by atoms with Gasteiger partial charge in [-0.05, 0) is 54.1 Å². The fraction of sp³-hybridized carbons (Fsp3) is 0.0333. The van der Waals surface area contributed by atoms with Gasteiger partial charge in [0.1, 0.15) is 0 Å². The van der Waals surface area contributed by atoms with Gasteiger partial charge in [0.05, 0.1) is 22.6 Å². The van der Waals surface area contributed by atoms with Gasteiger partial charge in [0, 0.05) is 45.9 Å². The zero-order valence-corrected chi connectivity index (χ0v) is 19.9. The summed E-state index contributed by atoms with van der Waals surface area (Å²) in [6.07, 6.45) is 8.20. The molecular formula is C30H19N3O2S. The number of pyridine rings is 1. The van der Waals surface area contributed by atoms with E-state index in [1.54, 1.807) is 16.8 Å². The largest absolute Gasteiger partial charge is 0.305 e. The van der Waals surface area contributed by atoms with Crippen LogP contribution in [0.2, 0.25) is 0 Å². The third-order valence-corrected chi connectivity index (χ3v) is 7.47. The van der Waals surface area contributed by atoms with Gasteiger partial charge in [-0.25, -0.2) is 4.98 Å². The van der Waals surface area contributed by atoms with Gasteiger partial charge in [-0.2, -0.15) is 11.3 Å².